The molecule has 112 heavy (non-hydrogen) atoms. The Kier molecular flexibility index (Phi) is 45.0. The molecule has 0 fully saturated rings. The molecule has 588 valence electrons. The Hall–Kier alpha value is -13.0. The van der Waals surface area contributed by atoms with Gasteiger partial charge in [0, 0.05) is 161 Å². The Morgan fingerprint density at radius 2 is 0.759 bits per heavy atom. The van der Waals surface area contributed by atoms with Crippen molar-refractivity contribution in [3.8, 4) is 5.88 Å². The summed E-state index contributed by atoms with van der Waals surface area (Å²) in [5, 5.41) is 38.8. The number of aliphatic hydroxyl groups is 1. The van der Waals surface area contributed by atoms with Gasteiger partial charge >= 0.3 is 5.97 Å². The number of Topliss-reactive ketones (excluding diaryl/α,β-unsaturated/α-hetero) is 5. The Morgan fingerprint density at radius 3 is 1.04 bits per heavy atom. The molecule has 11 rings (SSSR count). The van der Waals surface area contributed by atoms with E-state index in [2.05, 4.69) is 71.0 Å². The number of nitrogens with zero attached hydrogens (tertiary/aromatic N) is 13. The average Bonchev–Trinajstić information content (AvgIpc) is 0.844. The van der Waals surface area contributed by atoms with Crippen LogP contribution in [0.2, 0.25) is 0 Å². The number of rotatable bonds is 20. The van der Waals surface area contributed by atoms with Crippen LogP contribution in [0.5, 0.6) is 5.88 Å². The van der Waals surface area contributed by atoms with E-state index in [0.29, 0.717) is 88.1 Å². The summed E-state index contributed by atoms with van der Waals surface area (Å²) in [6.45, 7) is 15.4. The fraction of sp³-hybridized carbons (Fsp3) is 0.212. The zero-order valence-corrected chi connectivity index (χ0v) is 63.4. The molecule has 0 atom stereocenters. The van der Waals surface area contributed by atoms with Crippen molar-refractivity contribution in [1.29, 1.82) is 0 Å². The van der Waals surface area contributed by atoms with Crippen LogP contribution in [0.3, 0.4) is 0 Å². The molecule has 11 aromatic heterocycles. The van der Waals surface area contributed by atoms with E-state index in [-0.39, 0.29) is 106 Å². The second kappa shape index (κ2) is 52.9. The highest BCUT2D eigenvalue weighted by atomic mass is 35.5. The molecule has 0 aromatic carbocycles. The number of aromatic carboxylic acids is 1. The summed E-state index contributed by atoms with van der Waals surface area (Å²) in [6, 6.07) is 29.2. The molecule has 11 heterocycles. The van der Waals surface area contributed by atoms with Crippen LogP contribution < -0.4 is 16.5 Å². The molecule has 11 aromatic rings. The van der Waals surface area contributed by atoms with Gasteiger partial charge in [0.2, 0.25) is 11.8 Å². The summed E-state index contributed by atoms with van der Waals surface area (Å²) in [5.74, 6) is 0.0558. The minimum Gasteiger partial charge on any atom is -0.478 e. The van der Waals surface area contributed by atoms with Crippen molar-refractivity contribution in [2.75, 3.05) is 12.3 Å². The number of carboxylic acids is 1. The van der Waals surface area contributed by atoms with Crippen LogP contribution in [0, 0.1) is 56.9 Å². The lowest BCUT2D eigenvalue weighted by atomic mass is 10.0. The van der Waals surface area contributed by atoms with Crippen molar-refractivity contribution in [3.05, 3.63) is 315 Å². The SMILES string of the molecule is CC/C(=N\O)c1ccc(CC(=O)c2cncc(F)c2C)nc1.CC/C(=N\Oc1ccccn1)c1ccc(CC(=O)c2cncc(F)c2C)nc1.CCC(=O)c1ccc(CC(=O)c2cncc(F)c2C)nc1.CCC(=O)c1ccc(N)nc1.CCO.Cc1c(F)cncc1C(=O)O.Cl.Fc1ccccn1.NO.c1ccncc1. The van der Waals surface area contributed by atoms with Crippen LogP contribution in [0.1, 0.15) is 173 Å². The Labute approximate surface area is 649 Å². The Balaban J connectivity index is 0.000000461. The van der Waals surface area contributed by atoms with E-state index >= 15 is 0 Å². The van der Waals surface area contributed by atoms with Crippen LogP contribution in [0.4, 0.5) is 27.8 Å². The molecule has 26 nitrogen and oxygen atoms in total. The van der Waals surface area contributed by atoms with Crippen molar-refractivity contribution < 1.29 is 76.2 Å². The lowest BCUT2D eigenvalue weighted by Crippen LogP contribution is -2.09. The molecule has 0 unspecified atom stereocenters. The van der Waals surface area contributed by atoms with Crippen molar-refractivity contribution in [2.45, 2.75) is 107 Å². The van der Waals surface area contributed by atoms with Gasteiger partial charge in [0.05, 0.1) is 61.0 Å². The van der Waals surface area contributed by atoms with Crippen molar-refractivity contribution in [2.24, 2.45) is 16.2 Å². The summed E-state index contributed by atoms with van der Waals surface area (Å²) >= 11 is 0. The average molecular weight is 1560 g/mol. The van der Waals surface area contributed by atoms with Gasteiger partial charge in [0.25, 0.3) is 0 Å². The number of oxime groups is 2. The first-order valence-electron chi connectivity index (χ1n) is 33.9. The zero-order chi connectivity index (χ0) is 82.2. The molecule has 0 spiro atoms. The summed E-state index contributed by atoms with van der Waals surface area (Å²) in [7, 11) is 0. The molecule has 8 N–H and O–H groups in total. The third-order valence-corrected chi connectivity index (χ3v) is 14.9. The first-order valence-corrected chi connectivity index (χ1v) is 33.9. The van der Waals surface area contributed by atoms with E-state index in [0.717, 1.165) is 36.5 Å². The smallest absolute Gasteiger partial charge is 0.337 e. The third-order valence-electron chi connectivity index (χ3n) is 14.9. The van der Waals surface area contributed by atoms with Gasteiger partial charge in [-0.25, -0.2) is 43.2 Å². The largest absolute Gasteiger partial charge is 0.478 e. The minimum absolute atomic E-state index is 0. The molecular weight excluding hydrogens is 1480 g/mol. The maximum atomic E-state index is 13.6. The molecule has 0 aliphatic carbocycles. The van der Waals surface area contributed by atoms with Crippen LogP contribution >= 0.6 is 12.4 Å². The number of ketones is 5. The molecule has 0 aliphatic heterocycles. The second-order valence-electron chi connectivity index (χ2n) is 22.5. The van der Waals surface area contributed by atoms with Crippen LogP contribution in [-0.4, -0.2) is 128 Å². The maximum absolute atomic E-state index is 13.6. The Bertz CT molecular complexity index is 4740. The molecule has 0 radical (unpaired) electrons. The maximum Gasteiger partial charge on any atom is 0.337 e. The van der Waals surface area contributed by atoms with E-state index in [1.165, 1.54) is 50.2 Å². The predicted molar refractivity (Wildman–Crippen MR) is 412 cm³/mol. The van der Waals surface area contributed by atoms with Gasteiger partial charge in [-0.1, -0.05) is 56.2 Å². The van der Waals surface area contributed by atoms with E-state index in [4.69, 9.17) is 31.2 Å². The van der Waals surface area contributed by atoms with Gasteiger partial charge in [-0.3, -0.25) is 63.8 Å². The molecule has 0 aliphatic rings. The van der Waals surface area contributed by atoms with Gasteiger partial charge < -0.3 is 31.2 Å². The molecular formula is C80H85ClF5N15O11. The van der Waals surface area contributed by atoms with E-state index < -0.39 is 35.2 Å². The normalized spacial score (nSPS) is 10.1. The first kappa shape index (κ1) is 95.1. The minimum atomic E-state index is -1.16. The van der Waals surface area contributed by atoms with E-state index in [1.54, 1.807) is 132 Å². The number of halogens is 6. The zero-order valence-electron chi connectivity index (χ0n) is 62.6. The number of pyridine rings is 11. The number of carbonyl (C=O) groups is 6. The molecule has 0 bridgehead atoms. The highest BCUT2D eigenvalue weighted by molar-refractivity contribution is 6.02. The van der Waals surface area contributed by atoms with Crippen molar-refractivity contribution in [3.63, 3.8) is 0 Å². The lowest BCUT2D eigenvalue weighted by Gasteiger charge is -2.07. The van der Waals surface area contributed by atoms with Gasteiger partial charge in [-0.15, -0.1) is 12.4 Å². The van der Waals surface area contributed by atoms with Gasteiger partial charge in [0.15, 0.2) is 28.9 Å². The van der Waals surface area contributed by atoms with Crippen LogP contribution in [0.15, 0.2) is 213 Å². The quantitative estimate of drug-likeness (QED) is 0.0103. The predicted octanol–water partition coefficient (Wildman–Crippen LogP) is 14.4. The molecule has 32 heteroatoms. The highest BCUT2D eigenvalue weighted by Crippen LogP contribution is 2.19. The standard InChI is InChI=1S/C21H19FN4O2.C16H16FN3O2.C16H15FN2O2.C8H10N2O.C7H6FNO2.C5H4FN.C5H5N.C2H6O.ClH.H3NO/c1-3-19(26-28-21-6-4-5-9-24-21)15-7-8-16(25-11-15)10-20(27)17-12-23-13-18(22)14(17)2;1-3-15(20-22)11-4-5-12(19-7-11)6-16(21)13-8-18-9-14(17)10(13)2;1-3-15(20)11-4-5-12(19-7-11)6-16(21)13-8-18-9-14(17)10(13)2;1-2-7(11)6-3-4-8(9)10-5-6;1-4-5(7(10)11)2-9-3-6(4)8;6-5-3-1-2-4-7-5;1-2-4-6-5-3-1;1-2-3;;1-2/h4-9,11-13H,3,10H2,1-2H3;4-5,7-9,22H,3,6H2,1-2H3;4-5,7-9H,3,6H2,1-2H3;3-5H,2H2,1H3,(H2,9,10);2-3H,1H3,(H,10,11);1-4H;1-5H;3H,2H2,1H3;1H;2H,1H2/b26-19+;20-15+;;;;;;;;. The van der Waals surface area contributed by atoms with E-state index in [9.17, 15) is 50.7 Å². The van der Waals surface area contributed by atoms with Gasteiger partial charge in [-0.2, -0.15) is 4.39 Å². The number of aliphatic hydroxyl groups excluding tert-OH is 1. The number of anilines is 1. The number of aromatic nitrogens is 11. The summed E-state index contributed by atoms with van der Waals surface area (Å²) in [4.78, 5) is 117. The number of hydrogen-bond donors (Lipinski definition) is 6. The number of carbonyl (C=O) groups excluding carboxylic acids is 5. The van der Waals surface area contributed by atoms with Gasteiger partial charge in [0.1, 0.15) is 29.1 Å². The number of nitrogens with two attached hydrogens (primary N) is 2. The monoisotopic (exact) mass is 1560 g/mol. The summed E-state index contributed by atoms with van der Waals surface area (Å²) in [5.41, 5.74) is 12.6. The summed E-state index contributed by atoms with van der Waals surface area (Å²) < 4.78 is 64.8. The summed E-state index contributed by atoms with van der Waals surface area (Å²) in [6.07, 6.45) is 24.5. The van der Waals surface area contributed by atoms with Gasteiger partial charge in [-0.05, 0) is 143 Å². The van der Waals surface area contributed by atoms with Crippen LogP contribution in [-0.2, 0) is 19.3 Å². The number of carboxylic acid groups (broad SMARTS) is 1. The molecule has 0 saturated carbocycles. The number of hydrogen-bond acceptors (Lipinski definition) is 25. The highest BCUT2D eigenvalue weighted by Gasteiger charge is 2.18. The number of nitrogen functional groups attached to an aromatic ring is 1. The van der Waals surface area contributed by atoms with Crippen LogP contribution in [0.25, 0.3) is 0 Å². The molecule has 0 amide bonds. The second-order valence-corrected chi connectivity index (χ2v) is 22.5. The van der Waals surface area contributed by atoms with Crippen molar-refractivity contribution >= 4 is 64.5 Å². The molecule has 0 saturated heterocycles. The fourth-order valence-electron chi connectivity index (χ4n) is 8.72. The third kappa shape index (κ3) is 33.3. The van der Waals surface area contributed by atoms with Crippen molar-refractivity contribution in [1.82, 2.24) is 54.8 Å². The topological polar surface area (TPSA) is 411 Å². The lowest BCUT2D eigenvalue weighted by molar-refractivity contribution is 0.0693. The van der Waals surface area contributed by atoms with E-state index in [1.807, 2.05) is 51.1 Å². The first-order chi connectivity index (χ1) is 53.3. The Morgan fingerprint density at radius 1 is 0.402 bits per heavy atom. The fourth-order valence-corrected chi connectivity index (χ4v) is 8.72.